The molecule has 94 valence electrons. The Kier molecular flexibility index (Phi) is 5.54. The lowest BCUT2D eigenvalue weighted by atomic mass is 9.71. The third-order valence-electron chi connectivity index (χ3n) is 3.93. The van der Waals surface area contributed by atoms with Gasteiger partial charge in [0.15, 0.2) is 0 Å². The molecule has 1 fully saturated rings. The molecule has 0 aromatic carbocycles. The van der Waals surface area contributed by atoms with Gasteiger partial charge in [0.25, 0.3) is 0 Å². The third kappa shape index (κ3) is 4.69. The van der Waals surface area contributed by atoms with Crippen LogP contribution in [0.3, 0.4) is 0 Å². The van der Waals surface area contributed by atoms with E-state index < -0.39 is 0 Å². The summed E-state index contributed by atoms with van der Waals surface area (Å²) in [7, 11) is 0. The Balaban J connectivity index is 2.17. The van der Waals surface area contributed by atoms with Crippen LogP contribution in [0.1, 0.15) is 59.8 Å². The van der Waals surface area contributed by atoms with Crippen molar-refractivity contribution in [1.82, 2.24) is 5.32 Å². The van der Waals surface area contributed by atoms with E-state index >= 15 is 0 Å². The average Bonchev–Trinajstić information content (AvgIpc) is 2.24. The minimum Gasteiger partial charge on any atom is -0.314 e. The molecule has 1 rings (SSSR count). The SMILES string of the molecule is C/C=C/CCNC1CCC(C(C)(C)C)CC1. The number of hydrogen-bond acceptors (Lipinski definition) is 1. The van der Waals surface area contributed by atoms with Gasteiger partial charge < -0.3 is 5.32 Å². The normalized spacial score (nSPS) is 27.5. The quantitative estimate of drug-likeness (QED) is 0.558. The van der Waals surface area contributed by atoms with Crippen LogP contribution in [0.4, 0.5) is 0 Å². The maximum Gasteiger partial charge on any atom is 0.00673 e. The lowest BCUT2D eigenvalue weighted by Gasteiger charge is -2.37. The zero-order chi connectivity index (χ0) is 12.0. The van der Waals surface area contributed by atoms with Crippen LogP contribution in [0.25, 0.3) is 0 Å². The van der Waals surface area contributed by atoms with Gasteiger partial charge in [-0.05, 0) is 56.9 Å². The molecule has 0 unspecified atom stereocenters. The van der Waals surface area contributed by atoms with Gasteiger partial charge >= 0.3 is 0 Å². The Morgan fingerprint density at radius 3 is 2.25 bits per heavy atom. The molecule has 1 aliphatic rings. The van der Waals surface area contributed by atoms with E-state index in [1.807, 2.05) is 0 Å². The fourth-order valence-electron chi connectivity index (χ4n) is 2.70. The minimum absolute atomic E-state index is 0.510. The monoisotopic (exact) mass is 223 g/mol. The molecule has 0 bridgehead atoms. The smallest absolute Gasteiger partial charge is 0.00673 e. The van der Waals surface area contributed by atoms with Gasteiger partial charge in [-0.2, -0.15) is 0 Å². The largest absolute Gasteiger partial charge is 0.314 e. The molecular weight excluding hydrogens is 194 g/mol. The first-order valence-corrected chi connectivity index (χ1v) is 6.88. The number of rotatable bonds is 4. The summed E-state index contributed by atoms with van der Waals surface area (Å²) in [4.78, 5) is 0. The number of hydrogen-bond donors (Lipinski definition) is 1. The van der Waals surface area contributed by atoms with E-state index in [2.05, 4.69) is 45.2 Å². The molecular formula is C15H29N. The van der Waals surface area contributed by atoms with Crippen LogP contribution in [0.15, 0.2) is 12.2 Å². The number of nitrogens with one attached hydrogen (secondary N) is 1. The summed E-state index contributed by atoms with van der Waals surface area (Å²) in [6.07, 6.45) is 11.1. The molecule has 1 heteroatoms. The van der Waals surface area contributed by atoms with Gasteiger partial charge in [-0.3, -0.25) is 0 Å². The first-order valence-electron chi connectivity index (χ1n) is 6.88. The van der Waals surface area contributed by atoms with Gasteiger partial charge in [0.1, 0.15) is 0 Å². The summed E-state index contributed by atoms with van der Waals surface area (Å²) >= 11 is 0. The van der Waals surface area contributed by atoms with E-state index in [4.69, 9.17) is 0 Å². The van der Waals surface area contributed by atoms with Crippen LogP contribution < -0.4 is 5.32 Å². The maximum absolute atomic E-state index is 3.68. The van der Waals surface area contributed by atoms with Crippen molar-refractivity contribution in [3.8, 4) is 0 Å². The molecule has 0 radical (unpaired) electrons. The molecule has 0 aliphatic heterocycles. The van der Waals surface area contributed by atoms with Crippen LogP contribution >= 0.6 is 0 Å². The predicted molar refractivity (Wildman–Crippen MR) is 72.6 cm³/mol. The van der Waals surface area contributed by atoms with Crippen molar-refractivity contribution in [1.29, 1.82) is 0 Å². The van der Waals surface area contributed by atoms with Gasteiger partial charge in [-0.25, -0.2) is 0 Å². The highest BCUT2D eigenvalue weighted by atomic mass is 14.9. The first kappa shape index (κ1) is 13.8. The van der Waals surface area contributed by atoms with Gasteiger partial charge in [0.05, 0.1) is 0 Å². The molecule has 16 heavy (non-hydrogen) atoms. The van der Waals surface area contributed by atoms with Crippen molar-refractivity contribution in [2.24, 2.45) is 11.3 Å². The molecule has 0 saturated heterocycles. The van der Waals surface area contributed by atoms with Crippen LogP contribution in [-0.2, 0) is 0 Å². The maximum atomic E-state index is 3.68. The molecule has 0 amide bonds. The van der Waals surface area contributed by atoms with Gasteiger partial charge in [-0.15, -0.1) is 0 Å². The van der Waals surface area contributed by atoms with E-state index in [1.54, 1.807) is 0 Å². The molecule has 0 atom stereocenters. The predicted octanol–water partition coefficient (Wildman–Crippen LogP) is 4.15. The van der Waals surface area contributed by atoms with Gasteiger partial charge in [0, 0.05) is 6.04 Å². The van der Waals surface area contributed by atoms with Crippen LogP contribution in [-0.4, -0.2) is 12.6 Å². The van der Waals surface area contributed by atoms with Gasteiger partial charge in [0.2, 0.25) is 0 Å². The van der Waals surface area contributed by atoms with Crippen molar-refractivity contribution in [3.05, 3.63) is 12.2 Å². The molecule has 1 saturated carbocycles. The Hall–Kier alpha value is -0.300. The first-order chi connectivity index (χ1) is 7.54. The summed E-state index contributed by atoms with van der Waals surface area (Å²) in [6, 6.07) is 0.781. The fourth-order valence-corrected chi connectivity index (χ4v) is 2.70. The second kappa shape index (κ2) is 6.44. The second-order valence-electron chi connectivity index (χ2n) is 6.23. The molecule has 0 aromatic rings. The Morgan fingerprint density at radius 1 is 1.12 bits per heavy atom. The summed E-state index contributed by atoms with van der Waals surface area (Å²) in [5, 5.41) is 3.68. The number of allylic oxidation sites excluding steroid dienone is 1. The molecule has 1 nitrogen and oxygen atoms in total. The standard InChI is InChI=1S/C15H29N/c1-5-6-7-12-16-14-10-8-13(9-11-14)15(2,3)4/h5-6,13-14,16H,7-12H2,1-4H3/b6-5+. The van der Waals surface area contributed by atoms with Crippen molar-refractivity contribution in [3.63, 3.8) is 0 Å². The van der Waals surface area contributed by atoms with E-state index in [0.29, 0.717) is 5.41 Å². The van der Waals surface area contributed by atoms with Crippen molar-refractivity contribution < 1.29 is 0 Å². The van der Waals surface area contributed by atoms with E-state index in [9.17, 15) is 0 Å². The van der Waals surface area contributed by atoms with E-state index in [1.165, 1.54) is 32.1 Å². The Labute approximate surface area is 102 Å². The van der Waals surface area contributed by atoms with Crippen molar-refractivity contribution in [2.45, 2.75) is 65.8 Å². The second-order valence-corrected chi connectivity index (χ2v) is 6.23. The lowest BCUT2D eigenvalue weighted by Crippen LogP contribution is -2.36. The highest BCUT2D eigenvalue weighted by Crippen LogP contribution is 2.37. The van der Waals surface area contributed by atoms with E-state index in [0.717, 1.165) is 18.5 Å². The van der Waals surface area contributed by atoms with Crippen molar-refractivity contribution >= 4 is 0 Å². The lowest BCUT2D eigenvalue weighted by molar-refractivity contribution is 0.160. The highest BCUT2D eigenvalue weighted by molar-refractivity contribution is 4.84. The van der Waals surface area contributed by atoms with E-state index in [-0.39, 0.29) is 0 Å². The fraction of sp³-hybridized carbons (Fsp3) is 0.867. The van der Waals surface area contributed by atoms with Gasteiger partial charge in [-0.1, -0.05) is 32.9 Å². The zero-order valence-electron chi connectivity index (χ0n) is 11.6. The van der Waals surface area contributed by atoms with Crippen molar-refractivity contribution in [2.75, 3.05) is 6.54 Å². The molecule has 1 N–H and O–H groups in total. The molecule has 0 heterocycles. The average molecular weight is 223 g/mol. The summed E-state index contributed by atoms with van der Waals surface area (Å²) in [6.45, 7) is 10.4. The molecule has 0 aromatic heterocycles. The zero-order valence-corrected chi connectivity index (χ0v) is 11.6. The summed E-state index contributed by atoms with van der Waals surface area (Å²) < 4.78 is 0. The summed E-state index contributed by atoms with van der Waals surface area (Å²) in [5.41, 5.74) is 0.510. The minimum atomic E-state index is 0.510. The topological polar surface area (TPSA) is 12.0 Å². The third-order valence-corrected chi connectivity index (χ3v) is 3.93. The molecule has 0 spiro atoms. The van der Waals surface area contributed by atoms with Crippen LogP contribution in [0.2, 0.25) is 0 Å². The van der Waals surface area contributed by atoms with Crippen LogP contribution in [0, 0.1) is 11.3 Å². The molecule has 1 aliphatic carbocycles. The summed E-state index contributed by atoms with van der Waals surface area (Å²) in [5.74, 6) is 0.932. The van der Waals surface area contributed by atoms with Crippen LogP contribution in [0.5, 0.6) is 0 Å². The highest BCUT2D eigenvalue weighted by Gasteiger charge is 2.29. The Bertz CT molecular complexity index is 204. The Morgan fingerprint density at radius 2 is 1.75 bits per heavy atom.